The van der Waals surface area contributed by atoms with Crippen molar-refractivity contribution in [1.82, 2.24) is 5.16 Å². The van der Waals surface area contributed by atoms with Gasteiger partial charge in [-0.3, -0.25) is 0 Å². The average molecular weight is 222 g/mol. The summed E-state index contributed by atoms with van der Waals surface area (Å²) in [5.74, 6) is 0. The Morgan fingerprint density at radius 2 is 2.00 bits per heavy atom. The van der Waals surface area contributed by atoms with Crippen molar-refractivity contribution < 1.29 is 12.9 Å². The third-order valence-electron chi connectivity index (χ3n) is 2.15. The molecule has 0 saturated heterocycles. The van der Waals surface area contributed by atoms with Crippen molar-refractivity contribution in [1.29, 1.82) is 0 Å². The standard InChI is InChI=1S/C7H8ClNO3S/c8-13(10,11)7-5-3-1-2-4-6(5)9-12-7/h1-4H2. The first-order valence-electron chi connectivity index (χ1n) is 4.01. The molecule has 0 unspecified atom stereocenters. The molecule has 2 rings (SSSR count). The number of aromatic nitrogens is 1. The lowest BCUT2D eigenvalue weighted by molar-refractivity contribution is 0.335. The van der Waals surface area contributed by atoms with Crippen molar-refractivity contribution in [2.75, 3.05) is 0 Å². The van der Waals surface area contributed by atoms with Gasteiger partial charge in [0, 0.05) is 16.2 Å². The van der Waals surface area contributed by atoms with Crippen LogP contribution >= 0.6 is 10.7 Å². The molecule has 0 N–H and O–H groups in total. The minimum atomic E-state index is -3.76. The van der Waals surface area contributed by atoms with E-state index >= 15 is 0 Å². The van der Waals surface area contributed by atoms with Crippen molar-refractivity contribution in [2.45, 2.75) is 30.8 Å². The number of rotatable bonds is 1. The van der Waals surface area contributed by atoms with Crippen LogP contribution in [0.25, 0.3) is 0 Å². The van der Waals surface area contributed by atoms with Gasteiger partial charge in [-0.15, -0.1) is 0 Å². The summed E-state index contributed by atoms with van der Waals surface area (Å²) in [5.41, 5.74) is 1.41. The monoisotopic (exact) mass is 221 g/mol. The van der Waals surface area contributed by atoms with Gasteiger partial charge in [0.25, 0.3) is 14.1 Å². The van der Waals surface area contributed by atoms with Crippen LogP contribution in [0.3, 0.4) is 0 Å². The maximum Gasteiger partial charge on any atom is 0.297 e. The second-order valence-corrected chi connectivity index (χ2v) is 5.51. The first-order valence-corrected chi connectivity index (χ1v) is 6.32. The molecular formula is C7H8ClNO3S. The van der Waals surface area contributed by atoms with E-state index in [-0.39, 0.29) is 5.09 Å². The Hall–Kier alpha value is -0.550. The topological polar surface area (TPSA) is 60.2 Å². The molecule has 0 fully saturated rings. The van der Waals surface area contributed by atoms with Crippen LogP contribution in [0.1, 0.15) is 24.1 Å². The summed E-state index contributed by atoms with van der Waals surface area (Å²) in [4.78, 5) is 0. The Morgan fingerprint density at radius 3 is 2.69 bits per heavy atom. The summed E-state index contributed by atoms with van der Waals surface area (Å²) in [6.45, 7) is 0. The summed E-state index contributed by atoms with van der Waals surface area (Å²) in [6, 6.07) is 0. The molecular weight excluding hydrogens is 214 g/mol. The smallest absolute Gasteiger partial charge is 0.297 e. The van der Waals surface area contributed by atoms with Gasteiger partial charge < -0.3 is 4.52 Å². The molecule has 4 nitrogen and oxygen atoms in total. The van der Waals surface area contributed by atoms with Gasteiger partial charge in [0.15, 0.2) is 0 Å². The highest BCUT2D eigenvalue weighted by Gasteiger charge is 2.26. The fraction of sp³-hybridized carbons (Fsp3) is 0.571. The summed E-state index contributed by atoms with van der Waals surface area (Å²) in [6.07, 6.45) is 3.47. The fourth-order valence-electron chi connectivity index (χ4n) is 1.55. The number of hydrogen-bond acceptors (Lipinski definition) is 4. The second kappa shape index (κ2) is 2.99. The van der Waals surface area contributed by atoms with Crippen LogP contribution in [-0.4, -0.2) is 13.6 Å². The third-order valence-corrected chi connectivity index (χ3v) is 3.33. The van der Waals surface area contributed by atoms with E-state index < -0.39 is 9.05 Å². The van der Waals surface area contributed by atoms with Crippen LogP contribution < -0.4 is 0 Å². The van der Waals surface area contributed by atoms with Gasteiger partial charge in [-0.1, -0.05) is 5.16 Å². The Morgan fingerprint density at radius 1 is 1.31 bits per heavy atom. The molecule has 0 radical (unpaired) electrons. The number of aryl methyl sites for hydroxylation is 1. The first kappa shape index (κ1) is 9.02. The molecule has 0 aromatic carbocycles. The lowest BCUT2D eigenvalue weighted by atomic mass is 9.99. The van der Waals surface area contributed by atoms with Crippen molar-refractivity contribution >= 4 is 19.7 Å². The van der Waals surface area contributed by atoms with Crippen molar-refractivity contribution in [3.05, 3.63) is 11.3 Å². The summed E-state index contributed by atoms with van der Waals surface area (Å²) in [7, 11) is 1.42. The number of hydrogen-bond donors (Lipinski definition) is 0. The quantitative estimate of drug-likeness (QED) is 0.674. The van der Waals surface area contributed by atoms with Gasteiger partial charge in [-0.05, 0) is 25.7 Å². The SMILES string of the molecule is O=S(=O)(Cl)c1onc2c1CCCC2. The van der Waals surface area contributed by atoms with Gasteiger partial charge in [0.1, 0.15) is 0 Å². The van der Waals surface area contributed by atoms with Crippen LogP contribution in [0.2, 0.25) is 0 Å². The van der Waals surface area contributed by atoms with Crippen molar-refractivity contribution in [3.8, 4) is 0 Å². The normalized spacial score (nSPS) is 17.0. The zero-order valence-electron chi connectivity index (χ0n) is 6.79. The first-order chi connectivity index (χ1) is 6.09. The molecule has 1 heterocycles. The van der Waals surface area contributed by atoms with E-state index in [4.69, 9.17) is 15.2 Å². The highest BCUT2D eigenvalue weighted by Crippen LogP contribution is 2.28. The van der Waals surface area contributed by atoms with Crippen LogP contribution in [0.4, 0.5) is 0 Å². The van der Waals surface area contributed by atoms with Gasteiger partial charge in [-0.25, -0.2) is 8.42 Å². The predicted octanol–water partition coefficient (Wildman–Crippen LogP) is 1.48. The molecule has 0 amide bonds. The van der Waals surface area contributed by atoms with E-state index in [1.807, 2.05) is 0 Å². The number of fused-ring (bicyclic) bond motifs is 1. The van der Waals surface area contributed by atoms with Crippen LogP contribution in [-0.2, 0) is 21.9 Å². The summed E-state index contributed by atoms with van der Waals surface area (Å²) < 4.78 is 26.7. The van der Waals surface area contributed by atoms with E-state index in [0.29, 0.717) is 12.0 Å². The highest BCUT2D eigenvalue weighted by molar-refractivity contribution is 8.13. The third kappa shape index (κ3) is 1.58. The largest absolute Gasteiger partial charge is 0.343 e. The van der Waals surface area contributed by atoms with Crippen molar-refractivity contribution in [3.63, 3.8) is 0 Å². The molecule has 13 heavy (non-hydrogen) atoms. The molecule has 72 valence electrons. The van der Waals surface area contributed by atoms with Crippen molar-refractivity contribution in [2.24, 2.45) is 0 Å². The van der Waals surface area contributed by atoms with Gasteiger partial charge >= 0.3 is 0 Å². The molecule has 0 saturated carbocycles. The molecule has 0 bridgehead atoms. The van der Waals surface area contributed by atoms with Crippen LogP contribution in [0, 0.1) is 0 Å². The Balaban J connectivity index is 2.55. The van der Waals surface area contributed by atoms with Gasteiger partial charge in [0.2, 0.25) is 0 Å². The summed E-state index contributed by atoms with van der Waals surface area (Å²) in [5, 5.41) is 3.52. The average Bonchev–Trinajstić information content (AvgIpc) is 2.45. The lowest BCUT2D eigenvalue weighted by Crippen LogP contribution is -2.03. The van der Waals surface area contributed by atoms with E-state index in [1.165, 1.54) is 0 Å². The van der Waals surface area contributed by atoms with E-state index in [1.54, 1.807) is 0 Å². The molecule has 1 aromatic heterocycles. The maximum absolute atomic E-state index is 11.0. The predicted molar refractivity (Wildman–Crippen MR) is 46.2 cm³/mol. The lowest BCUT2D eigenvalue weighted by Gasteiger charge is -2.07. The van der Waals surface area contributed by atoms with E-state index in [2.05, 4.69) is 5.16 Å². The Kier molecular flexibility index (Phi) is 2.08. The minimum Gasteiger partial charge on any atom is -0.343 e. The fourth-order valence-corrected chi connectivity index (χ4v) is 2.56. The number of halogens is 1. The second-order valence-electron chi connectivity index (χ2n) is 3.04. The molecule has 6 heteroatoms. The Labute approximate surface area is 80.3 Å². The van der Waals surface area contributed by atoms with Gasteiger partial charge in [0.05, 0.1) is 5.69 Å². The van der Waals surface area contributed by atoms with Crippen LogP contribution in [0.5, 0.6) is 0 Å². The van der Waals surface area contributed by atoms with Crippen LogP contribution in [0.15, 0.2) is 9.62 Å². The highest BCUT2D eigenvalue weighted by atomic mass is 35.7. The van der Waals surface area contributed by atoms with Gasteiger partial charge in [-0.2, -0.15) is 0 Å². The zero-order chi connectivity index (χ0) is 9.47. The minimum absolute atomic E-state index is 0.163. The molecule has 1 aliphatic rings. The summed E-state index contributed by atoms with van der Waals surface area (Å²) >= 11 is 0. The van der Waals surface area contributed by atoms with E-state index in [9.17, 15) is 8.42 Å². The number of nitrogens with zero attached hydrogens (tertiary/aromatic N) is 1. The Bertz CT molecular complexity index is 423. The molecule has 1 aliphatic carbocycles. The zero-order valence-corrected chi connectivity index (χ0v) is 8.36. The molecule has 0 aliphatic heterocycles. The van der Waals surface area contributed by atoms with E-state index in [0.717, 1.165) is 25.0 Å². The molecule has 1 aromatic rings. The molecule has 0 atom stereocenters. The maximum atomic E-state index is 11.0. The molecule has 0 spiro atoms.